The van der Waals surface area contributed by atoms with E-state index in [0.717, 1.165) is 0 Å². The summed E-state index contributed by atoms with van der Waals surface area (Å²) in [4.78, 5) is 0. The quantitative estimate of drug-likeness (QED) is 0.405. The molecule has 56 valence electrons. The zero-order chi connectivity index (χ0) is 7.33. The first-order valence-electron chi connectivity index (χ1n) is 3.24. The molecule has 9 heavy (non-hydrogen) atoms. The van der Waals surface area contributed by atoms with Gasteiger partial charge in [-0.3, -0.25) is 0 Å². The van der Waals surface area contributed by atoms with Gasteiger partial charge in [0.2, 0.25) is 0 Å². The van der Waals surface area contributed by atoms with Crippen LogP contribution in [0.2, 0.25) is 25.2 Å². The van der Waals surface area contributed by atoms with Crippen molar-refractivity contribution in [3.05, 3.63) is 0 Å². The molecule has 0 bridgehead atoms. The van der Waals surface area contributed by atoms with Gasteiger partial charge in [-0.05, 0) is 20.9 Å². The van der Waals surface area contributed by atoms with E-state index in [1.54, 1.807) is 0 Å². The lowest BCUT2D eigenvalue weighted by Gasteiger charge is -2.18. The molecule has 0 aromatic carbocycles. The van der Waals surface area contributed by atoms with Gasteiger partial charge in [-0.2, -0.15) is 0 Å². The number of hydrogen-bond acceptors (Lipinski definition) is 0. The monoisotopic (exact) mass is 368 g/mol. The van der Waals surface area contributed by atoms with Crippen molar-refractivity contribution in [2.24, 2.45) is 0 Å². The summed E-state index contributed by atoms with van der Waals surface area (Å²) in [5.74, 6) is 0. The first-order valence-corrected chi connectivity index (χ1v) is 9.71. The zero-order valence-corrected chi connectivity index (χ0v) is 11.4. The number of rotatable bonds is 4. The molecule has 0 saturated heterocycles. The number of hydrogen-bond donors (Lipinski definition) is 0. The van der Waals surface area contributed by atoms with E-state index in [4.69, 9.17) is 0 Å². The minimum absolute atomic E-state index is 0.718. The molecule has 0 amide bonds. The summed E-state index contributed by atoms with van der Waals surface area (Å²) in [6.07, 6.45) is 0. The normalized spacial score (nSPS) is 12.0. The topological polar surface area (TPSA) is 0 Å². The molecule has 0 spiro atoms. The largest absolute Gasteiger partial charge is 0.0867 e. The molecule has 0 rings (SSSR count). The summed E-state index contributed by atoms with van der Waals surface area (Å²) in [6, 6.07) is 2.99. The minimum Gasteiger partial charge on any atom is -0.0867 e. The Hall–Kier alpha value is 1.68. The summed E-state index contributed by atoms with van der Waals surface area (Å²) in [6.45, 7) is 4.98. The first kappa shape index (κ1) is 10.7. The van der Waals surface area contributed by atoms with Gasteiger partial charge in [0.05, 0.1) is 0 Å². The Balaban J connectivity index is 3.43. The molecular weight excluding hydrogens is 354 g/mol. The third kappa shape index (κ3) is 6.09. The Morgan fingerprint density at radius 2 is 1.33 bits per heavy atom. The molecule has 0 fully saturated rings. The standard InChI is InChI=1S/C6H14I2Si/c1-9(2,5-3-7)6-4-8/h3-6H2,1-2H3. The number of halogens is 2. The van der Waals surface area contributed by atoms with Crippen molar-refractivity contribution < 1.29 is 0 Å². The second kappa shape index (κ2) is 5.34. The predicted octanol–water partition coefficient (Wildman–Crippen LogP) is 3.56. The third-order valence-corrected chi connectivity index (χ3v) is 7.86. The summed E-state index contributed by atoms with van der Waals surface area (Å²) >= 11 is 4.97. The molecule has 0 aliphatic heterocycles. The van der Waals surface area contributed by atoms with Gasteiger partial charge in [0.25, 0.3) is 0 Å². The molecule has 0 aromatic rings. The summed E-state index contributed by atoms with van der Waals surface area (Å²) in [5.41, 5.74) is 0. The average Bonchev–Trinajstić information content (AvgIpc) is 1.64. The lowest BCUT2D eigenvalue weighted by molar-refractivity contribution is 1.30. The van der Waals surface area contributed by atoms with Crippen molar-refractivity contribution in [1.29, 1.82) is 0 Å². The van der Waals surface area contributed by atoms with Crippen LogP contribution in [0.4, 0.5) is 0 Å². The van der Waals surface area contributed by atoms with Gasteiger partial charge in [0, 0.05) is 8.07 Å². The van der Waals surface area contributed by atoms with Crippen LogP contribution in [-0.2, 0) is 0 Å². The van der Waals surface area contributed by atoms with E-state index in [2.05, 4.69) is 58.3 Å². The van der Waals surface area contributed by atoms with E-state index in [0.29, 0.717) is 0 Å². The maximum atomic E-state index is 2.49. The van der Waals surface area contributed by atoms with Crippen molar-refractivity contribution in [1.82, 2.24) is 0 Å². The molecule has 0 atom stereocenters. The summed E-state index contributed by atoms with van der Waals surface area (Å²) in [7, 11) is -0.718. The van der Waals surface area contributed by atoms with Crippen LogP contribution in [0.25, 0.3) is 0 Å². The van der Waals surface area contributed by atoms with Crippen LogP contribution in [0.1, 0.15) is 0 Å². The van der Waals surface area contributed by atoms with Gasteiger partial charge in [-0.15, -0.1) is 0 Å². The van der Waals surface area contributed by atoms with Crippen molar-refractivity contribution in [3.63, 3.8) is 0 Å². The minimum atomic E-state index is -0.718. The van der Waals surface area contributed by atoms with Crippen LogP contribution < -0.4 is 0 Å². The van der Waals surface area contributed by atoms with Crippen LogP contribution in [-0.4, -0.2) is 16.9 Å². The molecule has 0 aliphatic carbocycles. The van der Waals surface area contributed by atoms with E-state index in [1.165, 1.54) is 20.9 Å². The fraction of sp³-hybridized carbons (Fsp3) is 1.00. The molecular formula is C6H14I2Si. The molecule has 0 heterocycles. The van der Waals surface area contributed by atoms with Gasteiger partial charge in [-0.1, -0.05) is 58.3 Å². The van der Waals surface area contributed by atoms with Crippen molar-refractivity contribution in [2.75, 3.05) is 8.86 Å². The molecule has 0 nitrogen and oxygen atoms in total. The van der Waals surface area contributed by atoms with Gasteiger partial charge < -0.3 is 0 Å². The number of alkyl halides is 2. The Bertz CT molecular complexity index is 65.5. The molecule has 0 unspecified atom stereocenters. The van der Waals surface area contributed by atoms with Crippen LogP contribution in [0.3, 0.4) is 0 Å². The lowest BCUT2D eigenvalue weighted by atomic mass is 10.9. The first-order chi connectivity index (χ1) is 4.12. The SMILES string of the molecule is C[Si](C)(CCI)CCI. The van der Waals surface area contributed by atoms with Gasteiger partial charge in [-0.25, -0.2) is 0 Å². The molecule has 0 N–H and O–H groups in total. The van der Waals surface area contributed by atoms with Crippen LogP contribution in [0.5, 0.6) is 0 Å². The summed E-state index contributed by atoms with van der Waals surface area (Å²) < 4.78 is 2.71. The van der Waals surface area contributed by atoms with Crippen LogP contribution in [0, 0.1) is 0 Å². The van der Waals surface area contributed by atoms with Crippen molar-refractivity contribution in [2.45, 2.75) is 25.2 Å². The highest BCUT2D eigenvalue weighted by Crippen LogP contribution is 2.17. The summed E-state index contributed by atoms with van der Waals surface area (Å²) in [5, 5.41) is 0. The Kier molecular flexibility index (Phi) is 6.34. The van der Waals surface area contributed by atoms with E-state index in [-0.39, 0.29) is 0 Å². The smallest absolute Gasteiger partial charge is 0.0488 e. The Morgan fingerprint density at radius 1 is 1.00 bits per heavy atom. The van der Waals surface area contributed by atoms with Crippen molar-refractivity contribution in [3.8, 4) is 0 Å². The van der Waals surface area contributed by atoms with E-state index in [1.807, 2.05) is 0 Å². The van der Waals surface area contributed by atoms with Crippen molar-refractivity contribution >= 4 is 53.3 Å². The predicted molar refractivity (Wildman–Crippen MR) is 64.9 cm³/mol. The Labute approximate surface area is 86.5 Å². The highest BCUT2D eigenvalue weighted by atomic mass is 127. The van der Waals surface area contributed by atoms with Gasteiger partial charge >= 0.3 is 0 Å². The fourth-order valence-electron chi connectivity index (χ4n) is 0.637. The maximum absolute atomic E-state index is 2.49. The second-order valence-corrected chi connectivity index (χ2v) is 10.5. The molecule has 0 saturated carbocycles. The molecule has 3 heteroatoms. The van der Waals surface area contributed by atoms with Gasteiger partial charge in [0.1, 0.15) is 0 Å². The highest BCUT2D eigenvalue weighted by molar-refractivity contribution is 14.1. The second-order valence-electron chi connectivity index (χ2n) is 3.04. The van der Waals surface area contributed by atoms with Crippen LogP contribution >= 0.6 is 45.2 Å². The Morgan fingerprint density at radius 3 is 1.56 bits per heavy atom. The zero-order valence-electron chi connectivity index (χ0n) is 6.08. The molecule has 0 radical (unpaired) electrons. The third-order valence-electron chi connectivity index (χ3n) is 1.54. The highest BCUT2D eigenvalue weighted by Gasteiger charge is 2.17. The molecule has 0 aliphatic rings. The van der Waals surface area contributed by atoms with E-state index >= 15 is 0 Å². The van der Waals surface area contributed by atoms with Gasteiger partial charge in [0.15, 0.2) is 0 Å². The van der Waals surface area contributed by atoms with E-state index in [9.17, 15) is 0 Å². The lowest BCUT2D eigenvalue weighted by Crippen LogP contribution is -2.25. The molecule has 0 aromatic heterocycles. The van der Waals surface area contributed by atoms with E-state index < -0.39 is 8.07 Å². The average molecular weight is 368 g/mol. The fourth-order valence-corrected chi connectivity index (χ4v) is 10.7. The van der Waals surface area contributed by atoms with Crippen LogP contribution in [0.15, 0.2) is 0 Å². The maximum Gasteiger partial charge on any atom is 0.0488 e.